The fraction of sp³-hybridized carbons (Fsp3) is 0.400. The lowest BCUT2D eigenvalue weighted by Gasteiger charge is -2.18. The summed E-state index contributed by atoms with van der Waals surface area (Å²) in [6, 6.07) is 6.00. The van der Waals surface area contributed by atoms with Crippen LogP contribution in [0.4, 0.5) is 5.82 Å². The number of rotatable bonds is 2. The minimum atomic E-state index is -0.569. The van der Waals surface area contributed by atoms with Gasteiger partial charge >= 0.3 is 0 Å². The molecule has 1 aromatic heterocycles. The van der Waals surface area contributed by atoms with Crippen molar-refractivity contribution in [2.45, 2.75) is 26.3 Å². The monoisotopic (exact) mass is 175 g/mol. The van der Waals surface area contributed by atoms with E-state index in [0.717, 1.165) is 11.4 Å². The zero-order valence-corrected chi connectivity index (χ0v) is 8.13. The fourth-order valence-corrected chi connectivity index (χ4v) is 0.953. The van der Waals surface area contributed by atoms with Crippen LogP contribution in [-0.4, -0.2) is 10.5 Å². The minimum Gasteiger partial charge on any atom is -0.353 e. The Morgan fingerprint density at radius 3 is 2.77 bits per heavy atom. The van der Waals surface area contributed by atoms with E-state index >= 15 is 0 Å². The van der Waals surface area contributed by atoms with Crippen molar-refractivity contribution in [2.24, 2.45) is 0 Å². The molecule has 0 saturated heterocycles. The predicted molar refractivity (Wildman–Crippen MR) is 52.3 cm³/mol. The summed E-state index contributed by atoms with van der Waals surface area (Å²) in [5.74, 6) is 0.742. The smallest absolute Gasteiger partial charge is 0.127 e. The van der Waals surface area contributed by atoms with Crippen LogP contribution >= 0.6 is 0 Å². The zero-order chi connectivity index (χ0) is 9.90. The summed E-state index contributed by atoms with van der Waals surface area (Å²) in [7, 11) is 0. The highest BCUT2D eigenvalue weighted by Crippen LogP contribution is 2.12. The van der Waals surface area contributed by atoms with Gasteiger partial charge in [0.25, 0.3) is 0 Å². The number of hydrogen-bond donors (Lipinski definition) is 1. The summed E-state index contributed by atoms with van der Waals surface area (Å²) in [5.41, 5.74) is 0.562. The number of nitrogens with zero attached hydrogens (tertiary/aromatic N) is 2. The molecular formula is C10H13N3. The summed E-state index contributed by atoms with van der Waals surface area (Å²) in [5, 5.41) is 11.8. The van der Waals surface area contributed by atoms with Crippen molar-refractivity contribution in [3.8, 4) is 6.07 Å². The van der Waals surface area contributed by atoms with Gasteiger partial charge in [0.05, 0.1) is 6.07 Å². The molecule has 3 heteroatoms. The fourth-order valence-electron chi connectivity index (χ4n) is 0.953. The second-order valence-electron chi connectivity index (χ2n) is 3.58. The van der Waals surface area contributed by atoms with Gasteiger partial charge < -0.3 is 5.32 Å². The summed E-state index contributed by atoms with van der Waals surface area (Å²) < 4.78 is 0. The number of aromatic nitrogens is 1. The maximum absolute atomic E-state index is 8.78. The van der Waals surface area contributed by atoms with Crippen LogP contribution in [0.15, 0.2) is 18.3 Å². The van der Waals surface area contributed by atoms with Crippen LogP contribution in [0.5, 0.6) is 0 Å². The Hall–Kier alpha value is -1.56. The average Bonchev–Trinajstić information content (AvgIpc) is 2.03. The number of aryl methyl sites for hydroxylation is 1. The molecule has 13 heavy (non-hydrogen) atoms. The first kappa shape index (κ1) is 9.53. The SMILES string of the molecule is Cc1ccnc(NC(C)(C)C#N)c1. The topological polar surface area (TPSA) is 48.7 Å². The van der Waals surface area contributed by atoms with Crippen molar-refractivity contribution in [1.82, 2.24) is 4.98 Å². The highest BCUT2D eigenvalue weighted by molar-refractivity contribution is 5.41. The molecular weight excluding hydrogens is 162 g/mol. The number of anilines is 1. The van der Waals surface area contributed by atoms with Gasteiger partial charge in [0, 0.05) is 6.20 Å². The highest BCUT2D eigenvalue weighted by atomic mass is 15.0. The van der Waals surface area contributed by atoms with Crippen molar-refractivity contribution in [3.63, 3.8) is 0 Å². The molecule has 0 aliphatic rings. The van der Waals surface area contributed by atoms with Crippen LogP contribution in [0.25, 0.3) is 0 Å². The third kappa shape index (κ3) is 2.75. The number of nitriles is 1. The standard InChI is InChI=1S/C10H13N3/c1-8-4-5-12-9(6-8)13-10(2,3)7-11/h4-6H,1-3H3,(H,12,13). The van der Waals surface area contributed by atoms with E-state index in [1.807, 2.05) is 32.9 Å². The van der Waals surface area contributed by atoms with Crippen LogP contribution in [0.3, 0.4) is 0 Å². The third-order valence-corrected chi connectivity index (χ3v) is 1.64. The first-order valence-corrected chi connectivity index (χ1v) is 4.15. The Labute approximate surface area is 78.4 Å². The van der Waals surface area contributed by atoms with E-state index in [2.05, 4.69) is 16.4 Å². The molecule has 1 heterocycles. The molecule has 0 saturated carbocycles. The third-order valence-electron chi connectivity index (χ3n) is 1.64. The Bertz CT molecular complexity index is 336. The summed E-state index contributed by atoms with van der Waals surface area (Å²) in [6.45, 7) is 5.63. The molecule has 0 amide bonds. The first-order chi connectivity index (χ1) is 6.03. The molecule has 0 fully saturated rings. The first-order valence-electron chi connectivity index (χ1n) is 4.15. The largest absolute Gasteiger partial charge is 0.353 e. The Morgan fingerprint density at radius 2 is 2.23 bits per heavy atom. The van der Waals surface area contributed by atoms with Gasteiger partial charge in [-0.15, -0.1) is 0 Å². The van der Waals surface area contributed by atoms with Crippen molar-refractivity contribution >= 4 is 5.82 Å². The van der Waals surface area contributed by atoms with E-state index in [4.69, 9.17) is 5.26 Å². The molecule has 0 bridgehead atoms. The van der Waals surface area contributed by atoms with Crippen LogP contribution in [-0.2, 0) is 0 Å². The molecule has 0 aliphatic carbocycles. The molecule has 0 spiro atoms. The maximum atomic E-state index is 8.78. The summed E-state index contributed by atoms with van der Waals surface area (Å²) in [4.78, 5) is 4.11. The molecule has 0 unspecified atom stereocenters. The molecule has 0 aliphatic heterocycles. The Balaban J connectivity index is 2.82. The van der Waals surface area contributed by atoms with Crippen molar-refractivity contribution in [1.29, 1.82) is 5.26 Å². The molecule has 68 valence electrons. The second-order valence-corrected chi connectivity index (χ2v) is 3.58. The molecule has 1 N–H and O–H groups in total. The molecule has 1 rings (SSSR count). The highest BCUT2D eigenvalue weighted by Gasteiger charge is 2.15. The number of hydrogen-bond acceptors (Lipinski definition) is 3. The van der Waals surface area contributed by atoms with E-state index in [-0.39, 0.29) is 0 Å². The minimum absolute atomic E-state index is 0.569. The van der Waals surface area contributed by atoms with Crippen LogP contribution in [0.1, 0.15) is 19.4 Å². The van der Waals surface area contributed by atoms with Crippen molar-refractivity contribution in [2.75, 3.05) is 5.32 Å². The van der Waals surface area contributed by atoms with E-state index in [9.17, 15) is 0 Å². The van der Waals surface area contributed by atoms with Crippen molar-refractivity contribution < 1.29 is 0 Å². The van der Waals surface area contributed by atoms with E-state index < -0.39 is 5.54 Å². The maximum Gasteiger partial charge on any atom is 0.127 e. The molecule has 1 aromatic rings. The van der Waals surface area contributed by atoms with Crippen LogP contribution in [0, 0.1) is 18.3 Å². The Morgan fingerprint density at radius 1 is 1.54 bits per heavy atom. The van der Waals surface area contributed by atoms with Gasteiger partial charge in [0.15, 0.2) is 0 Å². The van der Waals surface area contributed by atoms with Gasteiger partial charge in [-0.1, -0.05) is 0 Å². The second kappa shape index (κ2) is 3.44. The molecule has 0 radical (unpaired) electrons. The van der Waals surface area contributed by atoms with Gasteiger partial charge in [-0.3, -0.25) is 0 Å². The average molecular weight is 175 g/mol. The van der Waals surface area contributed by atoms with Gasteiger partial charge in [0.1, 0.15) is 11.4 Å². The molecule has 0 aromatic carbocycles. The summed E-state index contributed by atoms with van der Waals surface area (Å²) in [6.07, 6.45) is 1.73. The van der Waals surface area contributed by atoms with Gasteiger partial charge in [0.2, 0.25) is 0 Å². The van der Waals surface area contributed by atoms with E-state index in [1.54, 1.807) is 6.20 Å². The van der Waals surface area contributed by atoms with Crippen LogP contribution < -0.4 is 5.32 Å². The van der Waals surface area contributed by atoms with Gasteiger partial charge in [-0.05, 0) is 38.5 Å². The zero-order valence-electron chi connectivity index (χ0n) is 8.13. The number of nitrogens with one attached hydrogen (secondary N) is 1. The van der Waals surface area contributed by atoms with E-state index in [0.29, 0.717) is 0 Å². The summed E-state index contributed by atoms with van der Waals surface area (Å²) >= 11 is 0. The molecule has 3 nitrogen and oxygen atoms in total. The normalized spacial score (nSPS) is 10.6. The lowest BCUT2D eigenvalue weighted by Crippen LogP contribution is -2.28. The lowest BCUT2D eigenvalue weighted by molar-refractivity contribution is 0.723. The van der Waals surface area contributed by atoms with Crippen molar-refractivity contribution in [3.05, 3.63) is 23.9 Å². The van der Waals surface area contributed by atoms with Gasteiger partial charge in [-0.25, -0.2) is 4.98 Å². The van der Waals surface area contributed by atoms with Crippen LogP contribution in [0.2, 0.25) is 0 Å². The van der Waals surface area contributed by atoms with Gasteiger partial charge in [-0.2, -0.15) is 5.26 Å². The molecule has 0 atom stereocenters. The Kier molecular flexibility index (Phi) is 2.52. The lowest BCUT2D eigenvalue weighted by atomic mass is 10.1. The van der Waals surface area contributed by atoms with E-state index in [1.165, 1.54) is 0 Å². The quantitative estimate of drug-likeness (QED) is 0.748. The predicted octanol–water partition coefficient (Wildman–Crippen LogP) is 2.10. The number of pyridine rings is 1.